The van der Waals surface area contributed by atoms with Crippen molar-refractivity contribution in [1.82, 2.24) is 0 Å². The number of rotatable bonds is 5. The molecule has 0 atom stereocenters. The summed E-state index contributed by atoms with van der Waals surface area (Å²) in [5, 5.41) is 6.85. The molecule has 5 heteroatoms. The zero-order valence-electron chi connectivity index (χ0n) is 11.6. The third kappa shape index (κ3) is 4.35. The molecule has 0 radical (unpaired) electrons. The fourth-order valence-corrected chi connectivity index (χ4v) is 2.88. The first-order chi connectivity index (χ1) is 10.1. The lowest BCUT2D eigenvalue weighted by Crippen LogP contribution is -2.15. The Balaban J connectivity index is 2.20. The van der Waals surface area contributed by atoms with Crippen molar-refractivity contribution >= 4 is 51.5 Å². The van der Waals surface area contributed by atoms with Crippen molar-refractivity contribution in [1.29, 1.82) is 0 Å². The van der Waals surface area contributed by atoms with E-state index in [1.165, 1.54) is 0 Å². The Bertz CT molecular complexity index is 646. The van der Waals surface area contributed by atoms with Crippen LogP contribution in [-0.2, 0) is 0 Å². The zero-order chi connectivity index (χ0) is 15.2. The van der Waals surface area contributed by atoms with E-state index in [9.17, 15) is 4.79 Å². The summed E-state index contributed by atoms with van der Waals surface area (Å²) in [4.78, 5) is 12.4. The molecule has 0 saturated carbocycles. The molecule has 0 aliphatic heterocycles. The SMILES string of the molecule is CCCNc1ccccc1C(=O)Nc1ccc(Cl)cc1I. The number of amides is 1. The molecular formula is C16H16ClIN2O. The minimum absolute atomic E-state index is 0.130. The Kier molecular flexibility index (Phi) is 5.87. The van der Waals surface area contributed by atoms with Crippen LogP contribution >= 0.6 is 34.2 Å². The fourth-order valence-electron chi connectivity index (χ4n) is 1.88. The monoisotopic (exact) mass is 414 g/mol. The van der Waals surface area contributed by atoms with E-state index in [1.54, 1.807) is 6.07 Å². The molecule has 0 aliphatic rings. The highest BCUT2D eigenvalue weighted by Gasteiger charge is 2.12. The molecule has 0 aliphatic carbocycles. The lowest BCUT2D eigenvalue weighted by Gasteiger charge is -2.12. The highest BCUT2D eigenvalue weighted by atomic mass is 127. The van der Waals surface area contributed by atoms with E-state index in [4.69, 9.17) is 11.6 Å². The number of carbonyl (C=O) groups excluding carboxylic acids is 1. The summed E-state index contributed by atoms with van der Waals surface area (Å²) in [6, 6.07) is 12.9. The highest BCUT2D eigenvalue weighted by molar-refractivity contribution is 14.1. The maximum Gasteiger partial charge on any atom is 0.257 e. The van der Waals surface area contributed by atoms with Crippen molar-refractivity contribution in [3.63, 3.8) is 0 Å². The standard InChI is InChI=1S/C16H16ClIN2O/c1-2-9-19-14-6-4-3-5-12(14)16(21)20-15-8-7-11(17)10-13(15)18/h3-8,10,19H,2,9H2,1H3,(H,20,21). The van der Waals surface area contributed by atoms with Gasteiger partial charge < -0.3 is 10.6 Å². The van der Waals surface area contributed by atoms with Gasteiger partial charge in [0, 0.05) is 20.8 Å². The number of hydrogen-bond acceptors (Lipinski definition) is 2. The molecule has 0 spiro atoms. The minimum atomic E-state index is -0.130. The number of hydrogen-bond donors (Lipinski definition) is 2. The Morgan fingerprint density at radius 2 is 1.95 bits per heavy atom. The van der Waals surface area contributed by atoms with Crippen LogP contribution in [0.1, 0.15) is 23.7 Å². The summed E-state index contributed by atoms with van der Waals surface area (Å²) in [6.45, 7) is 2.93. The number of halogens is 2. The lowest BCUT2D eigenvalue weighted by atomic mass is 10.1. The van der Waals surface area contributed by atoms with Crippen LogP contribution in [0.4, 0.5) is 11.4 Å². The molecule has 110 valence electrons. The third-order valence-electron chi connectivity index (χ3n) is 2.92. The average molecular weight is 415 g/mol. The van der Waals surface area contributed by atoms with Crippen LogP contribution in [0.15, 0.2) is 42.5 Å². The fraction of sp³-hybridized carbons (Fsp3) is 0.188. The third-order valence-corrected chi connectivity index (χ3v) is 4.04. The van der Waals surface area contributed by atoms with Crippen LogP contribution in [0, 0.1) is 3.57 Å². The van der Waals surface area contributed by atoms with Gasteiger partial charge in [0.05, 0.1) is 11.3 Å². The first kappa shape index (κ1) is 16.1. The second kappa shape index (κ2) is 7.66. The van der Waals surface area contributed by atoms with Crippen molar-refractivity contribution < 1.29 is 4.79 Å². The van der Waals surface area contributed by atoms with E-state index >= 15 is 0 Å². The van der Waals surface area contributed by atoms with Crippen molar-refractivity contribution in [2.24, 2.45) is 0 Å². The van der Waals surface area contributed by atoms with Crippen LogP contribution in [0.5, 0.6) is 0 Å². The van der Waals surface area contributed by atoms with E-state index in [-0.39, 0.29) is 5.91 Å². The van der Waals surface area contributed by atoms with Crippen molar-refractivity contribution in [3.8, 4) is 0 Å². The van der Waals surface area contributed by atoms with Gasteiger partial charge in [0.1, 0.15) is 0 Å². The second-order valence-corrected chi connectivity index (χ2v) is 6.15. The molecule has 2 aromatic carbocycles. The van der Waals surface area contributed by atoms with Crippen LogP contribution in [0.25, 0.3) is 0 Å². The molecule has 0 saturated heterocycles. The average Bonchev–Trinajstić information content (AvgIpc) is 2.48. The van der Waals surface area contributed by atoms with Gasteiger partial charge in [-0.15, -0.1) is 0 Å². The zero-order valence-corrected chi connectivity index (χ0v) is 14.5. The molecule has 2 rings (SSSR count). The van der Waals surface area contributed by atoms with E-state index < -0.39 is 0 Å². The first-order valence-electron chi connectivity index (χ1n) is 6.71. The van der Waals surface area contributed by atoms with E-state index in [0.717, 1.165) is 27.9 Å². The first-order valence-corrected chi connectivity index (χ1v) is 8.16. The smallest absolute Gasteiger partial charge is 0.257 e. The molecule has 3 nitrogen and oxygen atoms in total. The topological polar surface area (TPSA) is 41.1 Å². The van der Waals surface area contributed by atoms with Crippen molar-refractivity contribution in [2.45, 2.75) is 13.3 Å². The maximum absolute atomic E-state index is 12.4. The summed E-state index contributed by atoms with van der Waals surface area (Å²) in [7, 11) is 0. The molecule has 0 heterocycles. The second-order valence-electron chi connectivity index (χ2n) is 4.55. The molecule has 21 heavy (non-hydrogen) atoms. The maximum atomic E-state index is 12.4. The quantitative estimate of drug-likeness (QED) is 0.675. The predicted octanol–water partition coefficient (Wildman–Crippen LogP) is 5.02. The molecular weight excluding hydrogens is 399 g/mol. The van der Waals surface area contributed by atoms with Crippen LogP contribution in [0.3, 0.4) is 0 Å². The minimum Gasteiger partial charge on any atom is -0.384 e. The Hall–Kier alpha value is -1.27. The summed E-state index contributed by atoms with van der Waals surface area (Å²) in [5.41, 5.74) is 2.24. The molecule has 2 aromatic rings. The van der Waals surface area contributed by atoms with Crippen molar-refractivity contribution in [3.05, 3.63) is 56.6 Å². The summed E-state index contributed by atoms with van der Waals surface area (Å²) in [5.74, 6) is -0.130. The van der Waals surface area contributed by atoms with Gasteiger partial charge >= 0.3 is 0 Å². The Labute approximate surface area is 143 Å². The molecule has 0 aromatic heterocycles. The van der Waals surface area contributed by atoms with Gasteiger partial charge in [-0.3, -0.25) is 4.79 Å². The van der Waals surface area contributed by atoms with Gasteiger partial charge in [-0.1, -0.05) is 30.7 Å². The van der Waals surface area contributed by atoms with Crippen molar-refractivity contribution in [2.75, 3.05) is 17.2 Å². The van der Waals surface area contributed by atoms with Gasteiger partial charge in [0.25, 0.3) is 5.91 Å². The number of benzene rings is 2. The molecule has 0 fully saturated rings. The largest absolute Gasteiger partial charge is 0.384 e. The number of anilines is 2. The van der Waals surface area contributed by atoms with Crippen LogP contribution < -0.4 is 10.6 Å². The van der Waals surface area contributed by atoms with Gasteiger partial charge in [0.2, 0.25) is 0 Å². The van der Waals surface area contributed by atoms with E-state index in [1.807, 2.05) is 36.4 Å². The highest BCUT2D eigenvalue weighted by Crippen LogP contribution is 2.24. The van der Waals surface area contributed by atoms with E-state index in [0.29, 0.717) is 10.6 Å². The molecule has 0 unspecified atom stereocenters. The Morgan fingerprint density at radius 3 is 2.67 bits per heavy atom. The lowest BCUT2D eigenvalue weighted by molar-refractivity contribution is 0.102. The van der Waals surface area contributed by atoms with E-state index in [2.05, 4.69) is 40.1 Å². The number of nitrogens with one attached hydrogen (secondary N) is 2. The van der Waals surface area contributed by atoms with Crippen LogP contribution in [-0.4, -0.2) is 12.5 Å². The van der Waals surface area contributed by atoms with Gasteiger partial charge in [-0.05, 0) is 59.3 Å². The summed E-state index contributed by atoms with van der Waals surface area (Å²) >= 11 is 8.08. The molecule has 1 amide bonds. The molecule has 2 N–H and O–H groups in total. The Morgan fingerprint density at radius 1 is 1.19 bits per heavy atom. The molecule has 0 bridgehead atoms. The summed E-state index contributed by atoms with van der Waals surface area (Å²) < 4.78 is 0.910. The number of para-hydroxylation sites is 1. The predicted molar refractivity (Wildman–Crippen MR) is 97.3 cm³/mol. The summed E-state index contributed by atoms with van der Waals surface area (Å²) in [6.07, 6.45) is 1.00. The number of carbonyl (C=O) groups is 1. The van der Waals surface area contributed by atoms with Gasteiger partial charge in [-0.2, -0.15) is 0 Å². The normalized spacial score (nSPS) is 10.2. The van der Waals surface area contributed by atoms with Crippen LogP contribution in [0.2, 0.25) is 5.02 Å². The van der Waals surface area contributed by atoms with Gasteiger partial charge in [0.15, 0.2) is 0 Å². The van der Waals surface area contributed by atoms with Gasteiger partial charge in [-0.25, -0.2) is 0 Å².